The van der Waals surface area contributed by atoms with Crippen LogP contribution >= 0.6 is 0 Å². The number of unbranched alkanes of at least 4 members (excludes halogenated alkanes) is 1. The minimum atomic E-state index is -0.902. The van der Waals surface area contributed by atoms with Crippen molar-refractivity contribution < 1.29 is 47.6 Å². The molecule has 0 unspecified atom stereocenters. The first kappa shape index (κ1) is 30.2. The molecule has 0 heterocycles. The fourth-order valence-corrected chi connectivity index (χ4v) is 3.15. The van der Waals surface area contributed by atoms with Crippen LogP contribution in [0.25, 0.3) is 6.08 Å². The van der Waals surface area contributed by atoms with Crippen molar-refractivity contribution in [3.8, 4) is 23.0 Å². The third-order valence-electron chi connectivity index (χ3n) is 5.24. The zero-order chi connectivity index (χ0) is 29.5. The molecule has 3 rings (SSSR count). The summed E-state index contributed by atoms with van der Waals surface area (Å²) in [7, 11) is 1.57. The second kappa shape index (κ2) is 15.9. The molecule has 0 N–H and O–H groups in total. The van der Waals surface area contributed by atoms with Gasteiger partial charge in [-0.05, 0) is 85.1 Å². The number of esters is 3. The molecule has 0 fully saturated rings. The van der Waals surface area contributed by atoms with E-state index in [0.29, 0.717) is 18.6 Å². The number of hydrogen-bond donors (Lipinski definition) is 0. The molecule has 0 aliphatic heterocycles. The van der Waals surface area contributed by atoms with E-state index < -0.39 is 24.1 Å². The molecule has 0 spiro atoms. The average Bonchev–Trinajstić information content (AvgIpc) is 2.99. The topological polar surface area (TPSA) is 124 Å². The lowest BCUT2D eigenvalue weighted by Crippen LogP contribution is -2.12. The van der Waals surface area contributed by atoms with Gasteiger partial charge in [-0.1, -0.05) is 18.7 Å². The van der Waals surface area contributed by atoms with E-state index in [2.05, 4.69) is 6.58 Å². The maximum Gasteiger partial charge on any atom is 0.513 e. The van der Waals surface area contributed by atoms with Crippen LogP contribution in [-0.2, 0) is 19.1 Å². The average molecular weight is 561 g/mol. The van der Waals surface area contributed by atoms with E-state index in [1.807, 2.05) is 0 Å². The van der Waals surface area contributed by atoms with Gasteiger partial charge in [-0.2, -0.15) is 0 Å². The number of rotatable bonds is 13. The Morgan fingerprint density at radius 2 is 1.20 bits per heavy atom. The molecule has 0 saturated heterocycles. The number of carbonyl (C=O) groups is 4. The van der Waals surface area contributed by atoms with Crippen molar-refractivity contribution in [3.05, 3.63) is 103 Å². The van der Waals surface area contributed by atoms with Crippen LogP contribution in [-0.4, -0.2) is 44.4 Å². The minimum absolute atomic E-state index is 0.0905. The standard InChI is InChI=1S/C31H28O10/c1-3-28(32)37-20-4-5-21-38-31(35)41-27-13-9-23(10-14-27)30(34)40-26-17-15-25(16-18-26)39-29(33)19-8-22-6-11-24(36-2)12-7-22/h3,6-19H,1,4-5,20-21H2,2H3. The summed E-state index contributed by atoms with van der Waals surface area (Å²) >= 11 is 0. The summed E-state index contributed by atoms with van der Waals surface area (Å²) in [6.45, 7) is 3.58. The zero-order valence-corrected chi connectivity index (χ0v) is 22.3. The molecule has 3 aromatic rings. The van der Waals surface area contributed by atoms with Crippen LogP contribution in [0.4, 0.5) is 4.79 Å². The molecule has 0 atom stereocenters. The molecule has 0 aliphatic rings. The molecule has 10 nitrogen and oxygen atoms in total. The van der Waals surface area contributed by atoms with Gasteiger partial charge in [0.05, 0.1) is 25.9 Å². The van der Waals surface area contributed by atoms with Gasteiger partial charge in [-0.25, -0.2) is 19.2 Å². The number of carbonyl (C=O) groups excluding carboxylic acids is 4. The lowest BCUT2D eigenvalue weighted by atomic mass is 10.2. The van der Waals surface area contributed by atoms with Crippen LogP contribution in [0.5, 0.6) is 23.0 Å². The summed E-state index contributed by atoms with van der Waals surface area (Å²) in [5.74, 6) is -0.301. The van der Waals surface area contributed by atoms with E-state index in [-0.39, 0.29) is 36.0 Å². The smallest absolute Gasteiger partial charge is 0.497 e. The largest absolute Gasteiger partial charge is 0.513 e. The van der Waals surface area contributed by atoms with Gasteiger partial charge in [-0.15, -0.1) is 0 Å². The molecule has 0 saturated carbocycles. The van der Waals surface area contributed by atoms with Crippen molar-refractivity contribution in [2.24, 2.45) is 0 Å². The fraction of sp³-hybridized carbons (Fsp3) is 0.161. The predicted molar refractivity (Wildman–Crippen MR) is 148 cm³/mol. The first-order valence-corrected chi connectivity index (χ1v) is 12.5. The second-order valence-corrected chi connectivity index (χ2v) is 8.19. The van der Waals surface area contributed by atoms with Crippen molar-refractivity contribution in [2.45, 2.75) is 12.8 Å². The molecular weight excluding hydrogens is 532 g/mol. The second-order valence-electron chi connectivity index (χ2n) is 8.19. The van der Waals surface area contributed by atoms with Crippen molar-refractivity contribution in [1.29, 1.82) is 0 Å². The molecule has 0 amide bonds. The van der Waals surface area contributed by atoms with Gasteiger partial charge in [0, 0.05) is 12.2 Å². The van der Waals surface area contributed by atoms with Crippen LogP contribution in [0.3, 0.4) is 0 Å². The molecule has 10 heteroatoms. The quantitative estimate of drug-likeness (QED) is 0.0863. The van der Waals surface area contributed by atoms with E-state index in [1.54, 1.807) is 37.5 Å². The Morgan fingerprint density at radius 1 is 0.659 bits per heavy atom. The number of hydrogen-bond acceptors (Lipinski definition) is 10. The summed E-state index contributed by atoms with van der Waals surface area (Å²) < 4.78 is 30.5. The maximum absolute atomic E-state index is 12.5. The van der Waals surface area contributed by atoms with Crippen LogP contribution in [0.1, 0.15) is 28.8 Å². The Balaban J connectivity index is 1.40. The molecule has 212 valence electrons. The normalized spacial score (nSPS) is 10.4. The van der Waals surface area contributed by atoms with E-state index in [4.69, 9.17) is 28.4 Å². The molecule has 0 aliphatic carbocycles. The third kappa shape index (κ3) is 10.7. The predicted octanol–water partition coefficient (Wildman–Crippen LogP) is 5.56. The minimum Gasteiger partial charge on any atom is -0.497 e. The summed E-state index contributed by atoms with van der Waals surface area (Å²) in [5, 5.41) is 0. The molecular formula is C31H28O10. The molecule has 0 aromatic heterocycles. The lowest BCUT2D eigenvalue weighted by Gasteiger charge is -2.08. The van der Waals surface area contributed by atoms with E-state index >= 15 is 0 Å². The Bertz CT molecular complexity index is 1360. The first-order valence-electron chi connectivity index (χ1n) is 12.5. The van der Waals surface area contributed by atoms with Crippen molar-refractivity contribution in [3.63, 3.8) is 0 Å². The molecule has 0 radical (unpaired) electrons. The summed E-state index contributed by atoms with van der Waals surface area (Å²) in [4.78, 5) is 47.3. The van der Waals surface area contributed by atoms with Gasteiger partial charge in [0.15, 0.2) is 0 Å². The van der Waals surface area contributed by atoms with Gasteiger partial charge >= 0.3 is 24.1 Å². The van der Waals surface area contributed by atoms with Gasteiger partial charge in [0.25, 0.3) is 0 Å². The molecule has 3 aromatic carbocycles. The van der Waals surface area contributed by atoms with Crippen LogP contribution in [0.15, 0.2) is 91.5 Å². The number of benzene rings is 3. The Hall–Kier alpha value is -5.38. The SMILES string of the molecule is C=CC(=O)OCCCCOC(=O)Oc1ccc(C(=O)Oc2ccc(OC(=O)C=Cc3ccc(OC)cc3)cc2)cc1. The summed E-state index contributed by atoms with van der Waals surface area (Å²) in [6, 6.07) is 18.9. The van der Waals surface area contributed by atoms with E-state index in [0.717, 1.165) is 11.6 Å². The van der Waals surface area contributed by atoms with Crippen molar-refractivity contribution >= 4 is 30.1 Å². The third-order valence-corrected chi connectivity index (χ3v) is 5.24. The van der Waals surface area contributed by atoms with Crippen LogP contribution in [0, 0.1) is 0 Å². The van der Waals surface area contributed by atoms with Gasteiger partial charge < -0.3 is 28.4 Å². The Labute approximate surface area is 236 Å². The van der Waals surface area contributed by atoms with Gasteiger partial charge in [-0.3, -0.25) is 0 Å². The van der Waals surface area contributed by atoms with Gasteiger partial charge in [0.1, 0.15) is 23.0 Å². The van der Waals surface area contributed by atoms with Gasteiger partial charge in [0.2, 0.25) is 0 Å². The highest BCUT2D eigenvalue weighted by Gasteiger charge is 2.12. The monoisotopic (exact) mass is 560 g/mol. The van der Waals surface area contributed by atoms with E-state index in [1.165, 1.54) is 54.6 Å². The highest BCUT2D eigenvalue weighted by molar-refractivity contribution is 5.91. The van der Waals surface area contributed by atoms with Crippen LogP contribution < -0.4 is 18.9 Å². The molecule has 41 heavy (non-hydrogen) atoms. The number of methoxy groups -OCH3 is 1. The maximum atomic E-state index is 12.5. The Morgan fingerprint density at radius 3 is 1.80 bits per heavy atom. The zero-order valence-electron chi connectivity index (χ0n) is 22.3. The summed E-state index contributed by atoms with van der Waals surface area (Å²) in [5.41, 5.74) is 1.03. The Kier molecular flexibility index (Phi) is 11.7. The first-order chi connectivity index (χ1) is 19.9. The highest BCUT2D eigenvalue weighted by Crippen LogP contribution is 2.20. The van der Waals surface area contributed by atoms with Crippen LogP contribution in [0.2, 0.25) is 0 Å². The fourth-order valence-electron chi connectivity index (χ4n) is 3.15. The number of ether oxygens (including phenoxy) is 6. The molecule has 0 bridgehead atoms. The van der Waals surface area contributed by atoms with E-state index in [9.17, 15) is 19.2 Å². The van der Waals surface area contributed by atoms with Crippen molar-refractivity contribution in [1.82, 2.24) is 0 Å². The summed E-state index contributed by atoms with van der Waals surface area (Å²) in [6.07, 6.45) is 4.08. The lowest BCUT2D eigenvalue weighted by molar-refractivity contribution is -0.138. The van der Waals surface area contributed by atoms with Crippen molar-refractivity contribution in [2.75, 3.05) is 20.3 Å². The highest BCUT2D eigenvalue weighted by atomic mass is 16.7.